The lowest BCUT2D eigenvalue weighted by Crippen LogP contribution is -2.32. The molecule has 2 heterocycles. The molecule has 5 heteroatoms. The van der Waals surface area contributed by atoms with Crippen LogP contribution in [0.15, 0.2) is 12.3 Å². The van der Waals surface area contributed by atoms with E-state index in [1.165, 1.54) is 0 Å². The number of halogens is 1. The number of nitrogens with zero attached hydrogens (tertiary/aromatic N) is 3. The summed E-state index contributed by atoms with van der Waals surface area (Å²) in [4.78, 5) is 13.8. The van der Waals surface area contributed by atoms with Crippen molar-refractivity contribution in [3.8, 4) is 0 Å². The number of carbonyl (C=O) groups is 1. The number of hydrogen-bond acceptors (Lipinski definition) is 2. The minimum atomic E-state index is -0.106. The van der Waals surface area contributed by atoms with Crippen LogP contribution >= 0.6 is 15.9 Å². The average molecular weight is 300 g/mol. The largest absolute Gasteiger partial charge is 0.297 e. The highest BCUT2D eigenvalue weighted by Gasteiger charge is 2.33. The van der Waals surface area contributed by atoms with Crippen LogP contribution in [0.4, 0.5) is 5.82 Å². The minimum absolute atomic E-state index is 0.106. The first kappa shape index (κ1) is 12.6. The van der Waals surface area contributed by atoms with Crippen LogP contribution in [-0.2, 0) is 10.3 Å². The smallest absolute Gasteiger partial charge is 0.228 e. The summed E-state index contributed by atoms with van der Waals surface area (Å²) in [7, 11) is 0. The zero-order valence-electron chi connectivity index (χ0n) is 10.5. The van der Waals surface area contributed by atoms with Crippen molar-refractivity contribution < 1.29 is 4.79 Å². The minimum Gasteiger partial charge on any atom is -0.297 e. The SMILES string of the molecule is CC(C)(C)n1nccc1N1CC(CBr)CC1=O. The molecule has 0 aromatic carbocycles. The molecule has 1 aliphatic heterocycles. The second-order valence-electron chi connectivity index (χ2n) is 5.50. The van der Waals surface area contributed by atoms with Gasteiger partial charge < -0.3 is 0 Å². The third-order valence-corrected chi connectivity index (χ3v) is 3.87. The van der Waals surface area contributed by atoms with Gasteiger partial charge in [-0.2, -0.15) is 5.10 Å². The van der Waals surface area contributed by atoms with Crippen molar-refractivity contribution in [3.05, 3.63) is 12.3 Å². The van der Waals surface area contributed by atoms with Gasteiger partial charge in [0, 0.05) is 24.4 Å². The normalized spacial score (nSPS) is 21.3. The van der Waals surface area contributed by atoms with Gasteiger partial charge in [0.25, 0.3) is 0 Å². The standard InChI is InChI=1S/C12H18BrN3O/c1-12(2,3)16-10(4-5-14-16)15-8-9(7-13)6-11(15)17/h4-5,9H,6-8H2,1-3H3. The molecule has 4 nitrogen and oxygen atoms in total. The van der Waals surface area contributed by atoms with Crippen molar-refractivity contribution in [1.82, 2.24) is 9.78 Å². The Bertz CT molecular complexity index is 422. The van der Waals surface area contributed by atoms with Gasteiger partial charge in [-0.25, -0.2) is 4.68 Å². The van der Waals surface area contributed by atoms with Crippen LogP contribution in [0, 0.1) is 5.92 Å². The van der Waals surface area contributed by atoms with Crippen LogP contribution in [-0.4, -0.2) is 27.6 Å². The molecular weight excluding hydrogens is 282 g/mol. The molecule has 1 aromatic rings. The zero-order chi connectivity index (χ0) is 12.6. The summed E-state index contributed by atoms with van der Waals surface area (Å²) in [6.45, 7) is 7.05. The van der Waals surface area contributed by atoms with Crippen molar-refractivity contribution in [3.63, 3.8) is 0 Å². The average Bonchev–Trinajstić information content (AvgIpc) is 2.81. The molecule has 1 atom stereocenters. The molecule has 1 aliphatic rings. The molecule has 1 amide bonds. The van der Waals surface area contributed by atoms with Crippen molar-refractivity contribution in [2.24, 2.45) is 5.92 Å². The van der Waals surface area contributed by atoms with Gasteiger partial charge in [-0.3, -0.25) is 9.69 Å². The molecule has 0 bridgehead atoms. The number of anilines is 1. The van der Waals surface area contributed by atoms with E-state index in [0.29, 0.717) is 12.3 Å². The third kappa shape index (κ3) is 2.39. The maximum atomic E-state index is 12.0. The van der Waals surface area contributed by atoms with Crippen LogP contribution in [0.5, 0.6) is 0 Å². The Balaban J connectivity index is 2.30. The van der Waals surface area contributed by atoms with Gasteiger partial charge in [0.05, 0.1) is 11.7 Å². The maximum Gasteiger partial charge on any atom is 0.228 e. The molecule has 0 radical (unpaired) electrons. The fourth-order valence-corrected chi connectivity index (χ4v) is 2.56. The summed E-state index contributed by atoms with van der Waals surface area (Å²) in [5.41, 5.74) is -0.106. The molecule has 17 heavy (non-hydrogen) atoms. The highest BCUT2D eigenvalue weighted by molar-refractivity contribution is 9.09. The molecule has 1 saturated heterocycles. The van der Waals surface area contributed by atoms with Crippen LogP contribution in [0.25, 0.3) is 0 Å². The van der Waals surface area contributed by atoms with Crippen LogP contribution < -0.4 is 4.90 Å². The predicted molar refractivity (Wildman–Crippen MR) is 71.5 cm³/mol. The topological polar surface area (TPSA) is 38.1 Å². The van der Waals surface area contributed by atoms with E-state index in [9.17, 15) is 4.79 Å². The van der Waals surface area contributed by atoms with E-state index in [2.05, 4.69) is 41.8 Å². The van der Waals surface area contributed by atoms with Crippen LogP contribution in [0.2, 0.25) is 0 Å². The van der Waals surface area contributed by atoms with E-state index in [-0.39, 0.29) is 11.4 Å². The molecular formula is C12H18BrN3O. The monoisotopic (exact) mass is 299 g/mol. The second-order valence-corrected chi connectivity index (χ2v) is 6.15. The van der Waals surface area contributed by atoms with E-state index in [1.807, 2.05) is 15.6 Å². The highest BCUT2D eigenvalue weighted by Crippen LogP contribution is 2.29. The summed E-state index contributed by atoms with van der Waals surface area (Å²) in [5.74, 6) is 1.51. The Hall–Kier alpha value is -0.840. The van der Waals surface area contributed by atoms with Crippen molar-refractivity contribution in [2.45, 2.75) is 32.7 Å². The lowest BCUT2D eigenvalue weighted by molar-refractivity contribution is -0.117. The first-order chi connectivity index (χ1) is 7.93. The molecule has 2 rings (SSSR count). The Labute approximate surface area is 110 Å². The van der Waals surface area contributed by atoms with Gasteiger partial charge in [0.15, 0.2) is 0 Å². The fourth-order valence-electron chi connectivity index (χ4n) is 2.12. The van der Waals surface area contributed by atoms with E-state index < -0.39 is 0 Å². The number of hydrogen-bond donors (Lipinski definition) is 0. The third-order valence-electron chi connectivity index (χ3n) is 2.96. The van der Waals surface area contributed by atoms with Gasteiger partial charge in [-0.15, -0.1) is 0 Å². The molecule has 1 aromatic heterocycles. The number of rotatable bonds is 2. The van der Waals surface area contributed by atoms with Crippen LogP contribution in [0.1, 0.15) is 27.2 Å². The molecule has 0 saturated carbocycles. The van der Waals surface area contributed by atoms with Gasteiger partial charge in [0.2, 0.25) is 5.91 Å². The summed E-state index contributed by atoms with van der Waals surface area (Å²) in [6.07, 6.45) is 2.38. The zero-order valence-corrected chi connectivity index (χ0v) is 12.1. The molecule has 0 aliphatic carbocycles. The van der Waals surface area contributed by atoms with Gasteiger partial charge in [-0.05, 0) is 26.7 Å². The first-order valence-electron chi connectivity index (χ1n) is 5.84. The lowest BCUT2D eigenvalue weighted by Gasteiger charge is -2.26. The molecule has 94 valence electrons. The Kier molecular flexibility index (Phi) is 3.30. The van der Waals surface area contributed by atoms with Gasteiger partial charge in [-0.1, -0.05) is 15.9 Å². The second kappa shape index (κ2) is 4.44. The van der Waals surface area contributed by atoms with E-state index >= 15 is 0 Å². The lowest BCUT2D eigenvalue weighted by atomic mass is 10.1. The van der Waals surface area contributed by atoms with Gasteiger partial charge >= 0.3 is 0 Å². The molecule has 1 fully saturated rings. The molecule has 0 spiro atoms. The molecule has 0 N–H and O–H groups in total. The predicted octanol–water partition coefficient (Wildman–Crippen LogP) is 2.39. The number of carbonyl (C=O) groups excluding carboxylic acids is 1. The van der Waals surface area contributed by atoms with Crippen LogP contribution in [0.3, 0.4) is 0 Å². The summed E-state index contributed by atoms with van der Waals surface area (Å²) < 4.78 is 1.92. The van der Waals surface area contributed by atoms with Crippen molar-refractivity contribution in [1.29, 1.82) is 0 Å². The highest BCUT2D eigenvalue weighted by atomic mass is 79.9. The van der Waals surface area contributed by atoms with Crippen molar-refractivity contribution in [2.75, 3.05) is 16.8 Å². The summed E-state index contributed by atoms with van der Waals surface area (Å²) in [5, 5.41) is 5.20. The van der Waals surface area contributed by atoms with E-state index in [1.54, 1.807) is 6.20 Å². The maximum absolute atomic E-state index is 12.0. The number of amides is 1. The number of alkyl halides is 1. The molecule has 1 unspecified atom stereocenters. The summed E-state index contributed by atoms with van der Waals surface area (Å²) in [6, 6.07) is 1.92. The Morgan fingerprint density at radius 2 is 2.24 bits per heavy atom. The quantitative estimate of drug-likeness (QED) is 0.787. The van der Waals surface area contributed by atoms with Crippen molar-refractivity contribution >= 4 is 27.7 Å². The van der Waals surface area contributed by atoms with E-state index in [0.717, 1.165) is 17.7 Å². The fraction of sp³-hybridized carbons (Fsp3) is 0.667. The summed E-state index contributed by atoms with van der Waals surface area (Å²) >= 11 is 3.45. The van der Waals surface area contributed by atoms with Gasteiger partial charge in [0.1, 0.15) is 5.82 Å². The Morgan fingerprint density at radius 3 is 2.76 bits per heavy atom. The first-order valence-corrected chi connectivity index (χ1v) is 6.96. The van der Waals surface area contributed by atoms with E-state index in [4.69, 9.17) is 0 Å². The Morgan fingerprint density at radius 1 is 1.53 bits per heavy atom. The number of aromatic nitrogens is 2.